The second-order valence-corrected chi connectivity index (χ2v) is 9.07. The predicted molar refractivity (Wildman–Crippen MR) is 121 cm³/mol. The summed E-state index contributed by atoms with van der Waals surface area (Å²) in [4.78, 5) is 17.0. The van der Waals surface area contributed by atoms with Crippen LogP contribution in [0.2, 0.25) is 0 Å². The fourth-order valence-electron chi connectivity index (χ4n) is 4.97. The first-order chi connectivity index (χ1) is 15.4. The zero-order chi connectivity index (χ0) is 22.8. The molecule has 0 bridgehead atoms. The van der Waals surface area contributed by atoms with Gasteiger partial charge in [-0.3, -0.25) is 4.79 Å². The molecule has 1 aliphatic heterocycles. The van der Waals surface area contributed by atoms with E-state index >= 15 is 0 Å². The summed E-state index contributed by atoms with van der Waals surface area (Å²) in [5.41, 5.74) is 5.66. The summed E-state index contributed by atoms with van der Waals surface area (Å²) in [6, 6.07) is 7.12. The molecule has 0 saturated heterocycles. The molecule has 2 aliphatic rings. The number of carbonyl (C=O) groups is 1. The Morgan fingerprint density at radius 2 is 1.69 bits per heavy atom. The van der Waals surface area contributed by atoms with Crippen LogP contribution in [0.15, 0.2) is 24.3 Å². The summed E-state index contributed by atoms with van der Waals surface area (Å²) in [7, 11) is 2.07. The minimum absolute atomic E-state index is 0.0556. The molecular weight excluding hydrogens is 408 g/mol. The molecule has 1 atom stereocenters. The van der Waals surface area contributed by atoms with Crippen LogP contribution >= 0.6 is 0 Å². The van der Waals surface area contributed by atoms with E-state index in [1.807, 2.05) is 17.0 Å². The van der Waals surface area contributed by atoms with E-state index in [-0.39, 0.29) is 30.6 Å². The lowest BCUT2D eigenvalue weighted by Crippen LogP contribution is -2.36. The fourth-order valence-corrected chi connectivity index (χ4v) is 4.97. The van der Waals surface area contributed by atoms with Crippen LogP contribution in [0.4, 0.5) is 0 Å². The Morgan fingerprint density at radius 3 is 2.41 bits per heavy atom. The number of hydrogen-bond donors (Lipinski definition) is 4. The third kappa shape index (κ3) is 4.60. The summed E-state index contributed by atoms with van der Waals surface area (Å²) in [6.07, 6.45) is 2.87. The van der Waals surface area contributed by atoms with Crippen LogP contribution in [-0.2, 0) is 37.3 Å². The van der Waals surface area contributed by atoms with Gasteiger partial charge in [-0.15, -0.1) is 0 Å². The number of amides is 1. The summed E-state index contributed by atoms with van der Waals surface area (Å²) < 4.78 is 0. The molecule has 0 aromatic heterocycles. The number of carbonyl (C=O) groups excluding carboxylic acids is 1. The van der Waals surface area contributed by atoms with E-state index < -0.39 is 0 Å². The maximum atomic E-state index is 12.8. The van der Waals surface area contributed by atoms with Crippen LogP contribution < -0.4 is 0 Å². The second kappa shape index (κ2) is 9.48. The van der Waals surface area contributed by atoms with E-state index in [9.17, 15) is 25.2 Å². The number of phenolic OH excluding ortho intramolecular Hbond substituents is 2. The molecule has 0 saturated carbocycles. The van der Waals surface area contributed by atoms with Gasteiger partial charge in [0.2, 0.25) is 5.91 Å². The number of likely N-dealkylation sites (N-methyl/N-ethyl adjacent to an activating group) is 1. The molecule has 7 heteroatoms. The highest BCUT2D eigenvalue weighted by Gasteiger charge is 2.29. The third-order valence-electron chi connectivity index (χ3n) is 6.85. The summed E-state index contributed by atoms with van der Waals surface area (Å²) in [5, 5.41) is 38.4. The zero-order valence-electron chi connectivity index (χ0n) is 18.5. The van der Waals surface area contributed by atoms with Gasteiger partial charge in [-0.1, -0.05) is 12.1 Å². The Morgan fingerprint density at radius 1 is 1.00 bits per heavy atom. The maximum absolute atomic E-state index is 12.8. The molecule has 32 heavy (non-hydrogen) atoms. The van der Waals surface area contributed by atoms with Gasteiger partial charge in [0, 0.05) is 25.6 Å². The molecule has 0 fully saturated rings. The minimum atomic E-state index is -0.139. The van der Waals surface area contributed by atoms with Gasteiger partial charge in [0.1, 0.15) is 0 Å². The normalized spacial score (nSPS) is 17.7. The summed E-state index contributed by atoms with van der Waals surface area (Å²) in [5.74, 6) is 0.349. The smallest absolute Gasteiger partial charge is 0.227 e. The van der Waals surface area contributed by atoms with Crippen molar-refractivity contribution in [2.24, 2.45) is 0 Å². The quantitative estimate of drug-likeness (QED) is 0.466. The maximum Gasteiger partial charge on any atom is 0.227 e. The number of hydrogen-bond acceptors (Lipinski definition) is 6. The van der Waals surface area contributed by atoms with Crippen molar-refractivity contribution in [3.8, 4) is 11.5 Å². The van der Waals surface area contributed by atoms with Gasteiger partial charge in [0.15, 0.2) is 11.5 Å². The highest BCUT2D eigenvalue weighted by Crippen LogP contribution is 2.41. The number of rotatable bonds is 8. The van der Waals surface area contributed by atoms with E-state index in [1.165, 1.54) is 0 Å². The minimum Gasteiger partial charge on any atom is -0.504 e. The Bertz CT molecular complexity index is 1010. The van der Waals surface area contributed by atoms with Gasteiger partial charge < -0.3 is 30.2 Å². The van der Waals surface area contributed by atoms with Gasteiger partial charge in [0.05, 0.1) is 19.6 Å². The molecule has 7 nitrogen and oxygen atoms in total. The first-order valence-corrected chi connectivity index (χ1v) is 11.3. The number of aliphatic hydroxyl groups is 2. The van der Waals surface area contributed by atoms with Crippen LogP contribution in [0.3, 0.4) is 0 Å². The Labute approximate surface area is 188 Å². The highest BCUT2D eigenvalue weighted by atomic mass is 16.3. The Hall–Kier alpha value is -2.61. The molecule has 0 radical (unpaired) electrons. The molecular formula is C25H32N2O5. The number of benzene rings is 2. The van der Waals surface area contributed by atoms with Crippen LogP contribution in [-0.4, -0.2) is 69.4 Å². The largest absolute Gasteiger partial charge is 0.504 e. The molecule has 1 aliphatic carbocycles. The van der Waals surface area contributed by atoms with Gasteiger partial charge in [-0.2, -0.15) is 0 Å². The Kier molecular flexibility index (Phi) is 6.69. The van der Waals surface area contributed by atoms with Gasteiger partial charge in [-0.25, -0.2) is 0 Å². The second-order valence-electron chi connectivity index (χ2n) is 9.07. The molecule has 172 valence electrons. The van der Waals surface area contributed by atoms with Gasteiger partial charge in [0.25, 0.3) is 0 Å². The van der Waals surface area contributed by atoms with E-state index in [1.54, 1.807) is 12.1 Å². The van der Waals surface area contributed by atoms with E-state index in [0.717, 1.165) is 60.2 Å². The number of phenols is 2. The first kappa shape index (κ1) is 22.6. The SMILES string of the molecule is CN(CCCN1CCc2cc(CO)c(CO)cc2CC1=O)C[C@H]1Cc2cc(O)c(O)cc21. The first-order valence-electron chi connectivity index (χ1n) is 11.3. The van der Waals surface area contributed by atoms with Gasteiger partial charge in [-0.05, 0) is 78.4 Å². The molecule has 2 aromatic carbocycles. The average molecular weight is 441 g/mol. The van der Waals surface area contributed by atoms with Crippen LogP contribution in [0.25, 0.3) is 0 Å². The van der Waals surface area contributed by atoms with Crippen molar-refractivity contribution >= 4 is 5.91 Å². The van der Waals surface area contributed by atoms with E-state index in [2.05, 4.69) is 11.9 Å². The summed E-state index contributed by atoms with van der Waals surface area (Å²) >= 11 is 0. The number of aromatic hydroxyl groups is 2. The van der Waals surface area contributed by atoms with E-state index in [4.69, 9.17) is 0 Å². The Balaban J connectivity index is 1.28. The average Bonchev–Trinajstić information content (AvgIpc) is 2.92. The van der Waals surface area contributed by atoms with E-state index in [0.29, 0.717) is 31.0 Å². The lowest BCUT2D eigenvalue weighted by molar-refractivity contribution is -0.130. The fraction of sp³-hybridized carbons (Fsp3) is 0.480. The van der Waals surface area contributed by atoms with Crippen molar-refractivity contribution in [3.63, 3.8) is 0 Å². The van der Waals surface area contributed by atoms with Crippen LogP contribution in [0.1, 0.15) is 45.7 Å². The number of aliphatic hydroxyl groups excluding tert-OH is 2. The molecule has 0 spiro atoms. The molecule has 4 rings (SSSR count). The number of nitrogens with zero attached hydrogens (tertiary/aromatic N) is 2. The third-order valence-corrected chi connectivity index (χ3v) is 6.85. The lowest BCUT2D eigenvalue weighted by Gasteiger charge is -2.34. The molecule has 2 aromatic rings. The molecule has 4 N–H and O–H groups in total. The predicted octanol–water partition coefficient (Wildman–Crippen LogP) is 1.67. The van der Waals surface area contributed by atoms with Crippen molar-refractivity contribution in [1.82, 2.24) is 9.80 Å². The van der Waals surface area contributed by atoms with Crippen molar-refractivity contribution in [2.45, 2.75) is 44.8 Å². The van der Waals surface area contributed by atoms with Crippen LogP contribution in [0.5, 0.6) is 11.5 Å². The molecule has 1 heterocycles. The standard InChI is InChI=1S/C25H32N2O5/c1-26(13-19-9-18-10-23(30)24(31)12-22(18)19)4-2-5-27-6-3-16-7-20(14-28)21(15-29)8-17(16)11-25(27)32/h7-8,10,12,19,28-31H,2-6,9,11,13-15H2,1H3/t19-/m1/s1. The van der Waals surface area contributed by atoms with Gasteiger partial charge >= 0.3 is 0 Å². The van der Waals surface area contributed by atoms with Crippen LogP contribution in [0, 0.1) is 0 Å². The van der Waals surface area contributed by atoms with Crippen molar-refractivity contribution < 1.29 is 25.2 Å². The van der Waals surface area contributed by atoms with Crippen molar-refractivity contribution in [2.75, 3.05) is 33.2 Å². The molecule has 0 unspecified atom stereocenters. The zero-order valence-corrected chi connectivity index (χ0v) is 18.5. The topological polar surface area (TPSA) is 104 Å². The monoisotopic (exact) mass is 440 g/mol. The summed E-state index contributed by atoms with van der Waals surface area (Å²) in [6.45, 7) is 2.87. The highest BCUT2D eigenvalue weighted by molar-refractivity contribution is 5.80. The molecule has 1 amide bonds. The lowest BCUT2D eigenvalue weighted by atomic mass is 9.77. The van der Waals surface area contributed by atoms with Crippen molar-refractivity contribution in [3.05, 3.63) is 57.6 Å². The van der Waals surface area contributed by atoms with Crippen molar-refractivity contribution in [1.29, 1.82) is 0 Å². The number of fused-ring (bicyclic) bond motifs is 2.